The van der Waals surface area contributed by atoms with Crippen molar-refractivity contribution in [1.82, 2.24) is 0 Å². The normalized spacial score (nSPS) is 10.1. The van der Waals surface area contributed by atoms with Crippen LogP contribution in [-0.2, 0) is 13.0 Å². The highest BCUT2D eigenvalue weighted by atomic mass is 127. The second-order valence-corrected chi connectivity index (χ2v) is 3.55. The summed E-state index contributed by atoms with van der Waals surface area (Å²) >= 11 is 2.30. The van der Waals surface area contributed by atoms with Crippen molar-refractivity contribution in [2.75, 3.05) is 0 Å². The fourth-order valence-electron chi connectivity index (χ4n) is 1.15. The molecule has 1 aromatic carbocycles. The molecule has 0 saturated carbocycles. The summed E-state index contributed by atoms with van der Waals surface area (Å²) in [6.45, 7) is 2.26. The van der Waals surface area contributed by atoms with Gasteiger partial charge in [0.25, 0.3) is 0 Å². The minimum Gasteiger partial charge on any atom is -0.392 e. The summed E-state index contributed by atoms with van der Waals surface area (Å²) in [7, 11) is 0. The molecule has 0 aliphatic rings. The van der Waals surface area contributed by atoms with Crippen molar-refractivity contribution in [3.63, 3.8) is 0 Å². The molecule has 0 spiro atoms. The molecule has 0 aliphatic carbocycles. The summed E-state index contributed by atoms with van der Waals surface area (Å²) in [5, 5.41) is 8.97. The van der Waals surface area contributed by atoms with Gasteiger partial charge >= 0.3 is 0 Å². The Morgan fingerprint density at radius 3 is 2.64 bits per heavy atom. The fourth-order valence-corrected chi connectivity index (χ4v) is 2.08. The molecule has 0 atom stereocenters. The number of aliphatic hydroxyl groups excluding tert-OH is 1. The van der Waals surface area contributed by atoms with Crippen LogP contribution in [0.2, 0.25) is 0 Å². The molecule has 0 aromatic heterocycles. The second kappa shape index (κ2) is 4.07. The van der Waals surface area contributed by atoms with E-state index in [1.165, 1.54) is 9.13 Å². The van der Waals surface area contributed by atoms with E-state index in [1.807, 2.05) is 12.1 Å². The van der Waals surface area contributed by atoms with E-state index in [9.17, 15) is 0 Å². The lowest BCUT2D eigenvalue weighted by Crippen LogP contribution is -1.94. The molecule has 1 rings (SSSR count). The monoisotopic (exact) mass is 262 g/mol. The van der Waals surface area contributed by atoms with Gasteiger partial charge in [-0.2, -0.15) is 0 Å². The standard InChI is InChI=1S/C9H11IO/c1-2-8-7(6-11)4-3-5-9(8)10/h3-5,11H,2,6H2,1H3. The third-order valence-corrected chi connectivity index (χ3v) is 2.75. The average molecular weight is 262 g/mol. The van der Waals surface area contributed by atoms with Gasteiger partial charge in [0.05, 0.1) is 6.61 Å². The maximum atomic E-state index is 8.97. The van der Waals surface area contributed by atoms with Gasteiger partial charge in [0, 0.05) is 3.57 Å². The van der Waals surface area contributed by atoms with Crippen molar-refractivity contribution in [3.05, 3.63) is 32.9 Å². The maximum absolute atomic E-state index is 8.97. The lowest BCUT2D eigenvalue weighted by molar-refractivity contribution is 0.280. The second-order valence-electron chi connectivity index (χ2n) is 2.39. The zero-order valence-corrected chi connectivity index (χ0v) is 8.63. The van der Waals surface area contributed by atoms with Crippen molar-refractivity contribution >= 4 is 22.6 Å². The van der Waals surface area contributed by atoms with Crippen molar-refractivity contribution in [3.8, 4) is 0 Å². The predicted molar refractivity (Wildman–Crippen MR) is 54.5 cm³/mol. The van der Waals surface area contributed by atoms with E-state index in [1.54, 1.807) is 0 Å². The van der Waals surface area contributed by atoms with Crippen molar-refractivity contribution in [2.24, 2.45) is 0 Å². The molecular formula is C9H11IO. The van der Waals surface area contributed by atoms with Crippen molar-refractivity contribution in [1.29, 1.82) is 0 Å². The summed E-state index contributed by atoms with van der Waals surface area (Å²) in [6.07, 6.45) is 0.995. The highest BCUT2D eigenvalue weighted by Gasteiger charge is 2.01. The minimum absolute atomic E-state index is 0.153. The Labute approximate surface area is 80.6 Å². The van der Waals surface area contributed by atoms with Crippen LogP contribution in [0.5, 0.6) is 0 Å². The smallest absolute Gasteiger partial charge is 0.0684 e. The molecule has 0 radical (unpaired) electrons. The first-order chi connectivity index (χ1) is 5.29. The maximum Gasteiger partial charge on any atom is 0.0684 e. The lowest BCUT2D eigenvalue weighted by atomic mass is 10.1. The van der Waals surface area contributed by atoms with Crippen LogP contribution < -0.4 is 0 Å². The summed E-state index contributed by atoms with van der Waals surface area (Å²) in [6, 6.07) is 6.02. The van der Waals surface area contributed by atoms with Crippen LogP contribution in [-0.4, -0.2) is 5.11 Å². The largest absolute Gasteiger partial charge is 0.392 e. The van der Waals surface area contributed by atoms with Crippen molar-refractivity contribution in [2.45, 2.75) is 20.0 Å². The average Bonchev–Trinajstić information content (AvgIpc) is 2.04. The Balaban J connectivity index is 3.13. The third-order valence-electron chi connectivity index (χ3n) is 1.74. The highest BCUT2D eigenvalue weighted by molar-refractivity contribution is 14.1. The van der Waals surface area contributed by atoms with Crippen LogP contribution in [0.15, 0.2) is 18.2 Å². The molecule has 1 N–H and O–H groups in total. The molecule has 60 valence electrons. The molecule has 0 aliphatic heterocycles. The highest BCUT2D eigenvalue weighted by Crippen LogP contribution is 2.17. The van der Waals surface area contributed by atoms with Crippen LogP contribution in [0.1, 0.15) is 18.1 Å². The Morgan fingerprint density at radius 1 is 1.45 bits per heavy atom. The zero-order valence-electron chi connectivity index (χ0n) is 6.47. The first-order valence-corrected chi connectivity index (χ1v) is 4.74. The van der Waals surface area contributed by atoms with E-state index in [-0.39, 0.29) is 6.61 Å². The van der Waals surface area contributed by atoms with Gasteiger partial charge in [-0.15, -0.1) is 0 Å². The molecule has 0 fully saturated rings. The number of aliphatic hydroxyl groups is 1. The Morgan fingerprint density at radius 2 is 2.18 bits per heavy atom. The molecule has 0 bridgehead atoms. The Kier molecular flexibility index (Phi) is 3.33. The van der Waals surface area contributed by atoms with E-state index in [0.717, 1.165) is 12.0 Å². The van der Waals surface area contributed by atoms with E-state index < -0.39 is 0 Å². The van der Waals surface area contributed by atoms with E-state index in [4.69, 9.17) is 5.11 Å². The Bertz CT molecular complexity index is 245. The molecular weight excluding hydrogens is 251 g/mol. The number of benzene rings is 1. The molecule has 1 aromatic rings. The van der Waals surface area contributed by atoms with Gasteiger partial charge in [0.1, 0.15) is 0 Å². The first-order valence-electron chi connectivity index (χ1n) is 3.66. The molecule has 0 saturated heterocycles. The minimum atomic E-state index is 0.153. The molecule has 0 unspecified atom stereocenters. The topological polar surface area (TPSA) is 20.2 Å². The molecule has 11 heavy (non-hydrogen) atoms. The van der Waals surface area contributed by atoms with Gasteiger partial charge in [-0.25, -0.2) is 0 Å². The molecule has 0 amide bonds. The first kappa shape index (κ1) is 9.00. The van der Waals surface area contributed by atoms with Gasteiger partial charge in [-0.3, -0.25) is 0 Å². The van der Waals surface area contributed by atoms with Crippen LogP contribution in [0, 0.1) is 3.57 Å². The Hall–Kier alpha value is -0.0900. The quantitative estimate of drug-likeness (QED) is 0.811. The lowest BCUT2D eigenvalue weighted by Gasteiger charge is -2.06. The number of hydrogen-bond donors (Lipinski definition) is 1. The van der Waals surface area contributed by atoms with Crippen LogP contribution in [0.25, 0.3) is 0 Å². The zero-order chi connectivity index (χ0) is 8.27. The number of halogens is 1. The number of rotatable bonds is 2. The molecule has 1 nitrogen and oxygen atoms in total. The summed E-state index contributed by atoms with van der Waals surface area (Å²) in [4.78, 5) is 0. The third kappa shape index (κ3) is 1.93. The van der Waals surface area contributed by atoms with Gasteiger partial charge < -0.3 is 5.11 Å². The van der Waals surface area contributed by atoms with Gasteiger partial charge in [0.2, 0.25) is 0 Å². The van der Waals surface area contributed by atoms with E-state index in [2.05, 4.69) is 35.6 Å². The van der Waals surface area contributed by atoms with Gasteiger partial charge in [0.15, 0.2) is 0 Å². The van der Waals surface area contributed by atoms with Gasteiger partial charge in [-0.05, 0) is 46.2 Å². The van der Waals surface area contributed by atoms with Crippen LogP contribution in [0.4, 0.5) is 0 Å². The molecule has 2 heteroatoms. The van der Waals surface area contributed by atoms with Crippen LogP contribution in [0.3, 0.4) is 0 Å². The number of hydrogen-bond acceptors (Lipinski definition) is 1. The summed E-state index contributed by atoms with van der Waals surface area (Å²) in [5.74, 6) is 0. The fraction of sp³-hybridized carbons (Fsp3) is 0.333. The van der Waals surface area contributed by atoms with Gasteiger partial charge in [-0.1, -0.05) is 19.1 Å². The van der Waals surface area contributed by atoms with Crippen LogP contribution >= 0.6 is 22.6 Å². The SMILES string of the molecule is CCc1c(I)cccc1CO. The predicted octanol–water partition coefficient (Wildman–Crippen LogP) is 2.35. The molecule has 0 heterocycles. The van der Waals surface area contributed by atoms with E-state index in [0.29, 0.717) is 0 Å². The van der Waals surface area contributed by atoms with Crippen molar-refractivity contribution < 1.29 is 5.11 Å². The summed E-state index contributed by atoms with van der Waals surface area (Å²) < 4.78 is 1.25. The van der Waals surface area contributed by atoms with E-state index >= 15 is 0 Å². The summed E-state index contributed by atoms with van der Waals surface area (Å²) in [5.41, 5.74) is 2.33.